The molecule has 1 aromatic heterocycles. The Morgan fingerprint density at radius 3 is 2.52 bits per heavy atom. The van der Waals surface area contributed by atoms with E-state index in [1.54, 1.807) is 30.3 Å². The van der Waals surface area contributed by atoms with Crippen LogP contribution in [0.5, 0.6) is 5.88 Å². The average Bonchev–Trinajstić information content (AvgIpc) is 3.04. The Labute approximate surface area is 169 Å². The maximum absolute atomic E-state index is 13.2. The van der Waals surface area contributed by atoms with Gasteiger partial charge in [0.15, 0.2) is 9.84 Å². The summed E-state index contributed by atoms with van der Waals surface area (Å²) in [6.45, 7) is 3.85. The maximum atomic E-state index is 13.2. The monoisotopic (exact) mass is 410 g/mol. The highest BCUT2D eigenvalue weighted by molar-refractivity contribution is 7.91. The molecule has 29 heavy (non-hydrogen) atoms. The van der Waals surface area contributed by atoms with Crippen molar-refractivity contribution in [1.82, 2.24) is 4.57 Å². The van der Waals surface area contributed by atoms with Gasteiger partial charge < -0.3 is 5.11 Å². The van der Waals surface area contributed by atoms with Gasteiger partial charge in [0.1, 0.15) is 0 Å². The van der Waals surface area contributed by atoms with Gasteiger partial charge >= 0.3 is 0 Å². The van der Waals surface area contributed by atoms with Crippen LogP contribution in [0.15, 0.2) is 52.3 Å². The summed E-state index contributed by atoms with van der Waals surface area (Å²) in [6.07, 6.45) is 1.97. The molecular weight excluding hydrogens is 388 g/mol. The second-order valence-electron chi connectivity index (χ2n) is 7.48. The number of aromatic hydroxyl groups is 1. The minimum atomic E-state index is -3.05. The molecule has 6 nitrogen and oxygen atoms in total. The molecule has 0 aliphatic carbocycles. The van der Waals surface area contributed by atoms with E-state index in [9.17, 15) is 18.3 Å². The molecule has 2 aromatic carbocycles. The Bertz CT molecular complexity index is 1310. The van der Waals surface area contributed by atoms with Crippen LogP contribution in [0.2, 0.25) is 0 Å². The third-order valence-corrected chi connectivity index (χ3v) is 7.29. The third-order valence-electron chi connectivity index (χ3n) is 5.54. The Morgan fingerprint density at radius 1 is 1.10 bits per heavy atom. The molecule has 1 aliphatic heterocycles. The minimum absolute atomic E-state index is 0.0127. The normalized spacial score (nSPS) is 18.6. The van der Waals surface area contributed by atoms with Gasteiger partial charge in [0.25, 0.3) is 5.56 Å². The van der Waals surface area contributed by atoms with Gasteiger partial charge in [-0.2, -0.15) is 0 Å². The molecule has 1 N–H and O–H groups in total. The van der Waals surface area contributed by atoms with Crippen molar-refractivity contribution in [2.24, 2.45) is 4.99 Å². The fourth-order valence-corrected chi connectivity index (χ4v) is 5.40. The van der Waals surface area contributed by atoms with E-state index in [2.05, 4.69) is 4.99 Å². The fraction of sp³-hybridized carbons (Fsp3) is 0.273. The van der Waals surface area contributed by atoms with Crippen LogP contribution in [-0.2, 0) is 9.84 Å². The molecule has 1 aliphatic rings. The van der Waals surface area contributed by atoms with Crippen molar-refractivity contribution in [3.8, 4) is 11.6 Å². The van der Waals surface area contributed by atoms with Crippen molar-refractivity contribution in [2.45, 2.75) is 26.3 Å². The van der Waals surface area contributed by atoms with Crippen LogP contribution in [0.25, 0.3) is 16.5 Å². The number of benzene rings is 2. The number of sulfone groups is 1. The van der Waals surface area contributed by atoms with Gasteiger partial charge in [-0.1, -0.05) is 30.3 Å². The number of hydrogen-bond donors (Lipinski definition) is 1. The molecule has 3 aromatic rings. The SMILES string of the molecule is Cc1cccc(-n2c(O)c(C=N[C@H]3CCS(=O)(=O)C3)c3ccccc3c2=O)c1C. The van der Waals surface area contributed by atoms with Crippen LogP contribution in [-0.4, -0.2) is 41.9 Å². The predicted octanol–water partition coefficient (Wildman–Crippen LogP) is 2.92. The summed E-state index contributed by atoms with van der Waals surface area (Å²) in [5.41, 5.74) is 2.60. The van der Waals surface area contributed by atoms with Crippen molar-refractivity contribution in [1.29, 1.82) is 0 Å². The molecular formula is C22H22N2O4S. The molecule has 0 spiro atoms. The zero-order valence-electron chi connectivity index (χ0n) is 16.3. The largest absolute Gasteiger partial charge is 0.494 e. The molecule has 4 rings (SSSR count). The van der Waals surface area contributed by atoms with Crippen molar-refractivity contribution >= 4 is 26.8 Å². The summed E-state index contributed by atoms with van der Waals surface area (Å²) in [5.74, 6) is -0.0604. The lowest BCUT2D eigenvalue weighted by molar-refractivity contribution is 0.436. The van der Waals surface area contributed by atoms with E-state index in [0.29, 0.717) is 28.4 Å². The van der Waals surface area contributed by atoms with E-state index in [4.69, 9.17) is 0 Å². The molecule has 0 unspecified atom stereocenters. The average molecular weight is 410 g/mol. The number of aryl methyl sites for hydroxylation is 1. The van der Waals surface area contributed by atoms with Crippen molar-refractivity contribution in [2.75, 3.05) is 11.5 Å². The van der Waals surface area contributed by atoms with E-state index in [0.717, 1.165) is 11.1 Å². The number of aliphatic imine (C=N–C) groups is 1. The van der Waals surface area contributed by atoms with Gasteiger partial charge in [0, 0.05) is 17.0 Å². The van der Waals surface area contributed by atoms with Crippen LogP contribution in [0.1, 0.15) is 23.1 Å². The van der Waals surface area contributed by atoms with Crippen LogP contribution >= 0.6 is 0 Å². The quantitative estimate of drug-likeness (QED) is 0.673. The summed E-state index contributed by atoms with van der Waals surface area (Å²) in [6, 6.07) is 12.3. The summed E-state index contributed by atoms with van der Waals surface area (Å²) < 4.78 is 24.7. The first-order valence-electron chi connectivity index (χ1n) is 9.45. The van der Waals surface area contributed by atoms with Crippen LogP contribution in [0.4, 0.5) is 0 Å². The number of fused-ring (bicyclic) bond motifs is 1. The minimum Gasteiger partial charge on any atom is -0.494 e. The first-order valence-corrected chi connectivity index (χ1v) is 11.3. The second-order valence-corrected chi connectivity index (χ2v) is 9.71. The van der Waals surface area contributed by atoms with E-state index in [-0.39, 0.29) is 29.0 Å². The lowest BCUT2D eigenvalue weighted by Crippen LogP contribution is -2.21. The highest BCUT2D eigenvalue weighted by Crippen LogP contribution is 2.28. The molecule has 0 bridgehead atoms. The summed E-state index contributed by atoms with van der Waals surface area (Å²) in [5, 5.41) is 12.1. The predicted molar refractivity (Wildman–Crippen MR) is 115 cm³/mol. The zero-order valence-corrected chi connectivity index (χ0v) is 17.1. The van der Waals surface area contributed by atoms with E-state index in [1.807, 2.05) is 26.0 Å². The highest BCUT2D eigenvalue weighted by atomic mass is 32.2. The van der Waals surface area contributed by atoms with Gasteiger partial charge in [0.05, 0.1) is 28.8 Å². The first kappa shape index (κ1) is 19.4. The number of rotatable bonds is 3. The molecule has 1 saturated heterocycles. The van der Waals surface area contributed by atoms with E-state index in [1.165, 1.54) is 10.8 Å². The molecule has 7 heteroatoms. The van der Waals surface area contributed by atoms with Crippen molar-refractivity contribution in [3.05, 3.63) is 69.5 Å². The van der Waals surface area contributed by atoms with E-state index >= 15 is 0 Å². The molecule has 150 valence electrons. The van der Waals surface area contributed by atoms with Crippen LogP contribution in [0, 0.1) is 13.8 Å². The molecule has 2 heterocycles. The van der Waals surface area contributed by atoms with Crippen molar-refractivity contribution in [3.63, 3.8) is 0 Å². The van der Waals surface area contributed by atoms with Gasteiger partial charge in [-0.25, -0.2) is 13.0 Å². The second kappa shape index (κ2) is 7.15. The Balaban J connectivity index is 1.95. The molecule has 1 atom stereocenters. The van der Waals surface area contributed by atoms with Gasteiger partial charge in [-0.3, -0.25) is 9.79 Å². The lowest BCUT2D eigenvalue weighted by atomic mass is 10.0. The fourth-order valence-electron chi connectivity index (χ4n) is 3.76. The third kappa shape index (κ3) is 3.46. The topological polar surface area (TPSA) is 88.7 Å². The lowest BCUT2D eigenvalue weighted by Gasteiger charge is -2.16. The van der Waals surface area contributed by atoms with Crippen LogP contribution in [0.3, 0.4) is 0 Å². The number of nitrogens with zero attached hydrogens (tertiary/aromatic N) is 2. The Hall–Kier alpha value is -2.93. The molecule has 0 radical (unpaired) electrons. The van der Waals surface area contributed by atoms with Crippen molar-refractivity contribution < 1.29 is 13.5 Å². The zero-order chi connectivity index (χ0) is 20.8. The molecule has 0 amide bonds. The molecule has 0 saturated carbocycles. The Morgan fingerprint density at radius 2 is 1.83 bits per heavy atom. The Kier molecular flexibility index (Phi) is 4.78. The van der Waals surface area contributed by atoms with Crippen LogP contribution < -0.4 is 5.56 Å². The number of pyridine rings is 1. The standard InChI is InChI=1S/C22H22N2O4S/c1-14-6-5-9-20(15(14)2)24-21(25)18-8-4-3-7-17(18)19(22(24)26)12-23-16-10-11-29(27,28)13-16/h3-9,12,16,26H,10-11,13H2,1-2H3/t16-/m0/s1. The molecule has 1 fully saturated rings. The van der Waals surface area contributed by atoms with Gasteiger partial charge in [-0.15, -0.1) is 0 Å². The maximum Gasteiger partial charge on any atom is 0.265 e. The van der Waals surface area contributed by atoms with E-state index < -0.39 is 9.84 Å². The summed E-state index contributed by atoms with van der Waals surface area (Å²) in [7, 11) is -3.05. The summed E-state index contributed by atoms with van der Waals surface area (Å²) >= 11 is 0. The number of aromatic nitrogens is 1. The first-order chi connectivity index (χ1) is 13.8. The smallest absolute Gasteiger partial charge is 0.265 e. The highest BCUT2D eigenvalue weighted by Gasteiger charge is 2.27. The van der Waals surface area contributed by atoms with Gasteiger partial charge in [-0.05, 0) is 43.5 Å². The summed E-state index contributed by atoms with van der Waals surface area (Å²) in [4.78, 5) is 17.6. The number of hydrogen-bond acceptors (Lipinski definition) is 5. The van der Waals surface area contributed by atoms with Gasteiger partial charge in [0.2, 0.25) is 5.88 Å².